The number of hydrogen-bond acceptors (Lipinski definition) is 23. The lowest BCUT2D eigenvalue weighted by Crippen LogP contribution is -2.68. The number of carbonyl (C=O) groups is 1. The Morgan fingerprint density at radius 1 is 0.584 bits per heavy atom. The lowest BCUT2D eigenvalue weighted by Gasteiger charge is -2.72. The maximum atomic E-state index is 15.1. The summed E-state index contributed by atoms with van der Waals surface area (Å²) in [5, 5.41) is 151. The van der Waals surface area contributed by atoms with Gasteiger partial charge in [-0.3, -0.25) is 4.79 Å². The third-order valence-electron chi connectivity index (χ3n) is 21.8. The molecule has 0 aromatic rings. The molecule has 0 spiro atoms. The van der Waals surface area contributed by atoms with Crippen LogP contribution in [0.3, 0.4) is 0 Å². The molecule has 0 unspecified atom stereocenters. The Morgan fingerprint density at radius 3 is 1.81 bits per heavy atom. The van der Waals surface area contributed by atoms with E-state index in [1.54, 1.807) is 6.92 Å². The molecular formula is C54H88O23. The van der Waals surface area contributed by atoms with Crippen molar-refractivity contribution in [3.05, 3.63) is 11.6 Å². The highest BCUT2D eigenvalue weighted by molar-refractivity contribution is 5.79. The van der Waals surface area contributed by atoms with Crippen molar-refractivity contribution in [3.63, 3.8) is 0 Å². The Bertz CT molecular complexity index is 2130. The summed E-state index contributed by atoms with van der Waals surface area (Å²) in [5.74, 6) is -1.49. The van der Waals surface area contributed by atoms with E-state index in [1.165, 1.54) is 6.92 Å². The van der Waals surface area contributed by atoms with E-state index in [2.05, 4.69) is 40.7 Å². The maximum absolute atomic E-state index is 15.1. The summed E-state index contributed by atoms with van der Waals surface area (Å²) in [4.78, 5) is 15.1. The Balaban J connectivity index is 0.945. The second-order valence-electron chi connectivity index (χ2n) is 26.0. The van der Waals surface area contributed by atoms with Gasteiger partial charge in [-0.1, -0.05) is 53.2 Å². The van der Waals surface area contributed by atoms with Crippen molar-refractivity contribution < 1.29 is 114 Å². The molecule has 23 nitrogen and oxygen atoms in total. The van der Waals surface area contributed by atoms with Crippen molar-refractivity contribution in [2.45, 2.75) is 248 Å². The first kappa shape index (κ1) is 60.0. The van der Waals surface area contributed by atoms with Gasteiger partial charge in [0, 0.05) is 5.92 Å². The zero-order valence-corrected chi connectivity index (χ0v) is 45.4. The zero-order valence-electron chi connectivity index (χ0n) is 45.4. The van der Waals surface area contributed by atoms with Crippen LogP contribution < -0.4 is 0 Å². The van der Waals surface area contributed by atoms with Crippen molar-refractivity contribution in [3.8, 4) is 0 Å². The van der Waals surface area contributed by atoms with Crippen molar-refractivity contribution in [2.75, 3.05) is 19.8 Å². The maximum Gasteiger partial charge on any atom is 0.315 e. The van der Waals surface area contributed by atoms with Crippen LogP contribution in [0.2, 0.25) is 0 Å². The fourth-order valence-electron chi connectivity index (χ4n) is 16.6. The number of hydrogen-bond donors (Lipinski definition) is 14. The summed E-state index contributed by atoms with van der Waals surface area (Å²) in [6.45, 7) is 14.5. The van der Waals surface area contributed by atoms with Crippen LogP contribution in [0.4, 0.5) is 0 Å². The second kappa shape index (κ2) is 21.5. The van der Waals surface area contributed by atoms with Gasteiger partial charge in [0.1, 0.15) is 91.6 Å². The molecule has 0 aromatic heterocycles. The van der Waals surface area contributed by atoms with E-state index < -0.39 is 182 Å². The second-order valence-corrected chi connectivity index (χ2v) is 26.0. The largest absolute Gasteiger partial charge is 0.432 e. The number of allylic oxidation sites excluding steroid dienone is 1. The van der Waals surface area contributed by atoms with Gasteiger partial charge in [0.25, 0.3) is 0 Å². The molecule has 0 radical (unpaired) electrons. The van der Waals surface area contributed by atoms with Crippen LogP contribution >= 0.6 is 0 Å². The van der Waals surface area contributed by atoms with E-state index in [0.29, 0.717) is 38.5 Å². The Kier molecular flexibility index (Phi) is 16.8. The third kappa shape index (κ3) is 9.51. The molecule has 442 valence electrons. The minimum atomic E-state index is -1.90. The first-order chi connectivity index (χ1) is 36.0. The average molecular weight is 1110 g/mol. The van der Waals surface area contributed by atoms with Gasteiger partial charge in [-0.15, -0.1) is 0 Å². The van der Waals surface area contributed by atoms with Gasteiger partial charge in [0.2, 0.25) is 6.29 Å². The SMILES string of the molecule is C[C@@H]1O[C@@H](O[C@H]2[C@H](O[C@H]3CC[C@]4(C)[C@H]5CC=C6[C@H]7[C@](C(=O)O[C@@H]8O[C@H](CO[C@@H]9O[C@H](CO)[C@@H](O)[C@H](O)[C@H]9O)[C@@H](O)[C@H](O)[C@H]8O)(CC[C@@H](C)[C@@]7(C)O)CC[C@@]6(C)[C@]5(C)CC[C@H]4C3(C)C)O[C@H](CO)[C@@H](O)[C@@H]2O)[C@H](O)[C@H](O)[C@H]1O. The molecule has 14 N–H and O–H groups in total. The van der Waals surface area contributed by atoms with E-state index in [1.807, 2.05) is 6.92 Å². The Morgan fingerprint density at radius 2 is 1.16 bits per heavy atom. The first-order valence-corrected chi connectivity index (χ1v) is 27.9. The molecule has 77 heavy (non-hydrogen) atoms. The number of rotatable bonds is 11. The summed E-state index contributed by atoms with van der Waals surface area (Å²) in [5.41, 5.74) is -3.38. The van der Waals surface area contributed by atoms with E-state index in [9.17, 15) is 71.5 Å². The van der Waals surface area contributed by atoms with E-state index >= 15 is 4.79 Å². The fourth-order valence-corrected chi connectivity index (χ4v) is 16.6. The molecular weight excluding hydrogens is 1020 g/mol. The van der Waals surface area contributed by atoms with Crippen LogP contribution in [0.15, 0.2) is 11.6 Å². The van der Waals surface area contributed by atoms with Gasteiger partial charge in [0.05, 0.1) is 43.0 Å². The highest BCUT2D eigenvalue weighted by atomic mass is 16.8. The standard InChI is InChI=1S/C54H88O23/c1-22-11-16-54(48(68)77-46-41(67)37(63)34(60)27(74-46)21-70-44-39(65)36(62)32(58)25(19-55)72-44)18-17-51(6)24(43(54)53(22,8)69)9-10-29-50(5)14-13-30(49(3,4)28(50)12-15-52(29,51)7)75-47-42(38(64)33(59)26(20-56)73-47)76-45-40(66)35(61)31(57)23(2)71-45/h9,22-23,25-47,55-67,69H,10-21H2,1-8H3/t22-,23+,25-,26-,27-,28+,29-,30+,31+,32-,33-,34-,35-,36+,37+,38+,39-,40-,41-,42-,43-,44-,45+,46+,47+,50+,51-,52-,53-,54+/m1/s1. The molecule has 4 saturated heterocycles. The molecule has 9 aliphatic rings. The summed E-state index contributed by atoms with van der Waals surface area (Å²) in [6.07, 6.45) is -24.5. The monoisotopic (exact) mass is 1100 g/mol. The van der Waals surface area contributed by atoms with Crippen molar-refractivity contribution in [1.29, 1.82) is 0 Å². The van der Waals surface area contributed by atoms with Crippen molar-refractivity contribution in [1.82, 2.24) is 0 Å². The van der Waals surface area contributed by atoms with Gasteiger partial charge in [-0.2, -0.15) is 0 Å². The highest BCUT2D eigenvalue weighted by Crippen LogP contribution is 2.76. The molecule has 9 rings (SSSR count). The molecule has 0 bridgehead atoms. The van der Waals surface area contributed by atoms with Gasteiger partial charge in [0.15, 0.2) is 18.9 Å². The quantitative estimate of drug-likeness (QED) is 0.0602. The smallest absolute Gasteiger partial charge is 0.315 e. The van der Waals surface area contributed by atoms with Crippen LogP contribution in [0.1, 0.15) is 113 Å². The molecule has 5 aliphatic carbocycles. The molecule has 0 aromatic carbocycles. The molecule has 4 saturated carbocycles. The predicted octanol–water partition coefficient (Wildman–Crippen LogP) is -2.04. The van der Waals surface area contributed by atoms with Crippen LogP contribution in [-0.4, -0.2) is 232 Å². The topological polar surface area (TPSA) is 374 Å². The van der Waals surface area contributed by atoms with Crippen LogP contribution in [-0.2, 0) is 42.7 Å². The Hall–Kier alpha value is -1.63. The van der Waals surface area contributed by atoms with E-state index in [0.717, 1.165) is 24.8 Å². The lowest BCUT2D eigenvalue weighted by molar-refractivity contribution is -0.376. The van der Waals surface area contributed by atoms with E-state index in [-0.39, 0.29) is 28.6 Å². The third-order valence-corrected chi connectivity index (χ3v) is 21.8. The molecule has 8 fully saturated rings. The Labute approximate surface area is 449 Å². The van der Waals surface area contributed by atoms with Gasteiger partial charge < -0.3 is 109 Å². The molecule has 30 atom stereocenters. The minimum absolute atomic E-state index is 0.0798. The number of fused-ring (bicyclic) bond motifs is 7. The van der Waals surface area contributed by atoms with Crippen LogP contribution in [0.5, 0.6) is 0 Å². The first-order valence-electron chi connectivity index (χ1n) is 27.9. The summed E-state index contributed by atoms with van der Waals surface area (Å²) in [7, 11) is 0. The lowest BCUT2D eigenvalue weighted by atomic mass is 9.33. The fraction of sp³-hybridized carbons (Fsp3) is 0.944. The van der Waals surface area contributed by atoms with Gasteiger partial charge in [-0.05, 0) is 111 Å². The molecule has 4 heterocycles. The number of aliphatic hydroxyl groups is 14. The average Bonchev–Trinajstić information content (AvgIpc) is 3.58. The number of esters is 1. The molecule has 23 heteroatoms. The number of ether oxygens (including phenoxy) is 8. The number of carbonyl (C=O) groups excluding carboxylic acids is 1. The highest BCUT2D eigenvalue weighted by Gasteiger charge is 2.72. The summed E-state index contributed by atoms with van der Waals surface area (Å²) >= 11 is 0. The van der Waals surface area contributed by atoms with Crippen molar-refractivity contribution >= 4 is 5.97 Å². The predicted molar refractivity (Wildman–Crippen MR) is 263 cm³/mol. The minimum Gasteiger partial charge on any atom is -0.432 e. The van der Waals surface area contributed by atoms with Crippen LogP contribution in [0.25, 0.3) is 0 Å². The summed E-state index contributed by atoms with van der Waals surface area (Å²) in [6, 6.07) is 0. The molecule has 4 aliphatic heterocycles. The summed E-state index contributed by atoms with van der Waals surface area (Å²) < 4.78 is 47.8. The van der Waals surface area contributed by atoms with Gasteiger partial charge in [-0.25, -0.2) is 0 Å². The molecule has 0 amide bonds. The zero-order chi connectivity index (χ0) is 56.4. The van der Waals surface area contributed by atoms with Crippen molar-refractivity contribution in [2.24, 2.45) is 50.7 Å². The number of aliphatic hydroxyl groups excluding tert-OH is 13. The normalized spacial score (nSPS) is 55.7. The van der Waals surface area contributed by atoms with Gasteiger partial charge >= 0.3 is 5.97 Å². The van der Waals surface area contributed by atoms with Crippen LogP contribution in [0, 0.1) is 50.7 Å². The van der Waals surface area contributed by atoms with E-state index in [4.69, 9.17) is 37.9 Å².